The number of thioether (sulfide) groups is 1. The molecule has 6 heteroatoms. The molecule has 4 N–H and O–H groups in total. The predicted molar refractivity (Wildman–Crippen MR) is 59.0 cm³/mol. The highest BCUT2D eigenvalue weighted by molar-refractivity contribution is 8.13. The van der Waals surface area contributed by atoms with Crippen LogP contribution < -0.4 is 17.1 Å². The Morgan fingerprint density at radius 3 is 3.00 bits per heavy atom. The summed E-state index contributed by atoms with van der Waals surface area (Å²) in [5.41, 5.74) is 5.36. The zero-order valence-electron chi connectivity index (χ0n) is 7.59. The molecular weight excluding hydrogens is 200 g/mol. The van der Waals surface area contributed by atoms with E-state index < -0.39 is 0 Å². The van der Waals surface area contributed by atoms with E-state index in [-0.39, 0.29) is 5.56 Å². The monoisotopic (exact) mass is 212 g/mol. The number of amidine groups is 1. The molecule has 0 saturated carbocycles. The minimum absolute atomic E-state index is 0.0173. The van der Waals surface area contributed by atoms with E-state index in [4.69, 9.17) is 11.6 Å². The van der Waals surface area contributed by atoms with Crippen molar-refractivity contribution in [2.45, 2.75) is 6.54 Å². The molecule has 0 saturated heterocycles. The third-order valence-corrected chi connectivity index (χ3v) is 2.40. The summed E-state index contributed by atoms with van der Waals surface area (Å²) in [7, 11) is 0. The first-order chi connectivity index (χ1) is 6.74. The number of nitrogens with zero attached hydrogens (tertiary/aromatic N) is 2. The van der Waals surface area contributed by atoms with Gasteiger partial charge in [-0.1, -0.05) is 17.8 Å². The Balaban J connectivity index is 2.47. The maximum absolute atomic E-state index is 11.2. The van der Waals surface area contributed by atoms with Gasteiger partial charge in [-0.15, -0.1) is 0 Å². The second kappa shape index (κ2) is 5.33. The van der Waals surface area contributed by atoms with Gasteiger partial charge in [0.2, 0.25) is 0 Å². The van der Waals surface area contributed by atoms with Crippen molar-refractivity contribution in [1.82, 2.24) is 4.57 Å². The minimum Gasteiger partial charge on any atom is -0.377 e. The van der Waals surface area contributed by atoms with Crippen molar-refractivity contribution in [2.24, 2.45) is 16.7 Å². The molecule has 0 aromatic carbocycles. The quantitative estimate of drug-likeness (QED) is 0.313. The van der Waals surface area contributed by atoms with Crippen LogP contribution >= 0.6 is 11.8 Å². The number of hydrogen-bond acceptors (Lipinski definition) is 4. The van der Waals surface area contributed by atoms with Gasteiger partial charge >= 0.3 is 0 Å². The summed E-state index contributed by atoms with van der Waals surface area (Å²) < 4.78 is 1.61. The van der Waals surface area contributed by atoms with Crippen LogP contribution in [0.5, 0.6) is 0 Å². The van der Waals surface area contributed by atoms with Gasteiger partial charge in [0.15, 0.2) is 5.17 Å². The van der Waals surface area contributed by atoms with Crippen LogP contribution in [0.2, 0.25) is 0 Å². The van der Waals surface area contributed by atoms with Gasteiger partial charge in [0.05, 0.1) is 0 Å². The Morgan fingerprint density at radius 1 is 1.57 bits per heavy atom. The van der Waals surface area contributed by atoms with E-state index in [1.54, 1.807) is 16.8 Å². The number of nitrogens with two attached hydrogens (primary N) is 2. The first kappa shape index (κ1) is 10.6. The second-order valence-corrected chi connectivity index (χ2v) is 3.66. The van der Waals surface area contributed by atoms with Crippen LogP contribution in [0.25, 0.3) is 0 Å². The summed E-state index contributed by atoms with van der Waals surface area (Å²) in [6.45, 7) is 0.598. The fourth-order valence-electron chi connectivity index (χ4n) is 0.931. The fraction of sp³-hybridized carbons (Fsp3) is 0.250. The van der Waals surface area contributed by atoms with Gasteiger partial charge in [-0.05, 0) is 6.07 Å². The van der Waals surface area contributed by atoms with E-state index in [1.165, 1.54) is 17.8 Å². The first-order valence-electron chi connectivity index (χ1n) is 4.05. The van der Waals surface area contributed by atoms with Crippen molar-refractivity contribution >= 4 is 16.9 Å². The Labute approximate surface area is 85.8 Å². The summed E-state index contributed by atoms with van der Waals surface area (Å²) in [6, 6.07) is 5.04. The van der Waals surface area contributed by atoms with E-state index in [0.717, 1.165) is 0 Å². The zero-order chi connectivity index (χ0) is 10.4. The van der Waals surface area contributed by atoms with E-state index in [1.807, 2.05) is 6.07 Å². The van der Waals surface area contributed by atoms with Gasteiger partial charge in [-0.3, -0.25) is 4.79 Å². The van der Waals surface area contributed by atoms with Crippen molar-refractivity contribution < 1.29 is 0 Å². The molecule has 5 nitrogen and oxygen atoms in total. The molecule has 1 aromatic heterocycles. The number of hydrazone groups is 1. The SMILES string of the molecule is N/N=C(/N)SCCn1ccccc1=O. The largest absolute Gasteiger partial charge is 0.377 e. The number of aromatic nitrogens is 1. The zero-order valence-corrected chi connectivity index (χ0v) is 8.41. The van der Waals surface area contributed by atoms with Crippen molar-refractivity contribution in [3.05, 3.63) is 34.7 Å². The molecule has 0 radical (unpaired) electrons. The van der Waals surface area contributed by atoms with Crippen LogP contribution in [0.4, 0.5) is 0 Å². The lowest BCUT2D eigenvalue weighted by atomic mass is 10.5. The normalized spacial score (nSPS) is 11.6. The van der Waals surface area contributed by atoms with Gasteiger partial charge in [-0.2, -0.15) is 5.10 Å². The van der Waals surface area contributed by atoms with E-state index >= 15 is 0 Å². The molecule has 0 bridgehead atoms. The third-order valence-electron chi connectivity index (χ3n) is 1.61. The van der Waals surface area contributed by atoms with Crippen molar-refractivity contribution in [3.63, 3.8) is 0 Å². The summed E-state index contributed by atoms with van der Waals surface area (Å²) in [4.78, 5) is 11.2. The molecule has 14 heavy (non-hydrogen) atoms. The maximum Gasteiger partial charge on any atom is 0.250 e. The molecule has 0 aliphatic carbocycles. The molecule has 0 aliphatic heterocycles. The smallest absolute Gasteiger partial charge is 0.250 e. The fourth-order valence-corrected chi connectivity index (χ4v) is 1.50. The summed E-state index contributed by atoms with van der Waals surface area (Å²) >= 11 is 1.32. The average Bonchev–Trinajstić information content (AvgIpc) is 2.20. The van der Waals surface area contributed by atoms with Crippen molar-refractivity contribution in [3.8, 4) is 0 Å². The summed E-state index contributed by atoms with van der Waals surface area (Å²) in [5.74, 6) is 5.63. The van der Waals surface area contributed by atoms with Gasteiger partial charge < -0.3 is 16.1 Å². The lowest BCUT2D eigenvalue weighted by Gasteiger charge is -2.03. The van der Waals surface area contributed by atoms with Crippen molar-refractivity contribution in [1.29, 1.82) is 0 Å². The summed E-state index contributed by atoms with van der Waals surface area (Å²) in [6.07, 6.45) is 1.73. The number of aryl methyl sites for hydroxylation is 1. The van der Waals surface area contributed by atoms with Gasteiger partial charge in [0, 0.05) is 24.6 Å². The molecule has 1 heterocycles. The molecule has 0 aliphatic rings. The van der Waals surface area contributed by atoms with Crippen LogP contribution in [0.1, 0.15) is 0 Å². The maximum atomic E-state index is 11.2. The second-order valence-electron chi connectivity index (χ2n) is 2.55. The molecule has 1 rings (SSSR count). The lowest BCUT2D eigenvalue weighted by Crippen LogP contribution is -2.20. The van der Waals surface area contributed by atoms with Crippen LogP contribution in [-0.2, 0) is 6.54 Å². The molecular formula is C8H12N4OS. The molecule has 0 fully saturated rings. The molecule has 76 valence electrons. The highest BCUT2D eigenvalue weighted by atomic mass is 32.2. The average molecular weight is 212 g/mol. The third kappa shape index (κ3) is 3.14. The molecule has 1 aromatic rings. The molecule has 0 atom stereocenters. The standard InChI is InChI=1S/C8H12N4OS/c9-8(11-10)14-6-5-12-4-2-1-3-7(12)13/h1-4H,5-6,10H2,(H2,9,11). The van der Waals surface area contributed by atoms with Gasteiger partial charge in [0.1, 0.15) is 0 Å². The van der Waals surface area contributed by atoms with Crippen LogP contribution in [-0.4, -0.2) is 15.5 Å². The molecule has 0 amide bonds. The lowest BCUT2D eigenvalue weighted by molar-refractivity contribution is 0.736. The van der Waals surface area contributed by atoms with E-state index in [0.29, 0.717) is 17.5 Å². The Hall–Kier alpha value is -1.43. The highest BCUT2D eigenvalue weighted by Gasteiger charge is 1.96. The number of pyridine rings is 1. The van der Waals surface area contributed by atoms with Gasteiger partial charge in [0.25, 0.3) is 5.56 Å². The minimum atomic E-state index is -0.0173. The molecule has 0 spiro atoms. The van der Waals surface area contributed by atoms with Crippen LogP contribution in [0, 0.1) is 0 Å². The first-order valence-corrected chi connectivity index (χ1v) is 5.04. The molecule has 0 unspecified atom stereocenters. The Bertz CT molecular complexity index is 374. The van der Waals surface area contributed by atoms with E-state index in [9.17, 15) is 4.79 Å². The van der Waals surface area contributed by atoms with Crippen LogP contribution in [0.15, 0.2) is 34.3 Å². The Morgan fingerprint density at radius 2 is 2.36 bits per heavy atom. The van der Waals surface area contributed by atoms with E-state index in [2.05, 4.69) is 5.10 Å². The number of hydrogen-bond donors (Lipinski definition) is 2. The van der Waals surface area contributed by atoms with Crippen molar-refractivity contribution in [2.75, 3.05) is 5.75 Å². The predicted octanol–water partition coefficient (Wildman–Crippen LogP) is -0.230. The topological polar surface area (TPSA) is 86.4 Å². The Kier molecular flexibility index (Phi) is 4.06. The number of rotatable bonds is 3. The van der Waals surface area contributed by atoms with Gasteiger partial charge in [-0.25, -0.2) is 0 Å². The van der Waals surface area contributed by atoms with Crippen LogP contribution in [0.3, 0.4) is 0 Å². The highest BCUT2D eigenvalue weighted by Crippen LogP contribution is 1.99. The summed E-state index contributed by atoms with van der Waals surface area (Å²) in [5, 5.41) is 3.64.